The molecule has 7 amide bonds. The quantitative estimate of drug-likeness (QED) is 0.0195. The minimum absolute atomic E-state index is 0.0153. The van der Waals surface area contributed by atoms with Gasteiger partial charge < -0.3 is 84.3 Å². The van der Waals surface area contributed by atoms with Crippen molar-refractivity contribution in [2.75, 3.05) is 86.3 Å². The predicted molar refractivity (Wildman–Crippen MR) is 375 cm³/mol. The van der Waals surface area contributed by atoms with Gasteiger partial charge in [0.1, 0.15) is 46.5 Å². The number of benzene rings is 2. The lowest BCUT2D eigenvalue weighted by atomic mass is 9.83. The van der Waals surface area contributed by atoms with Crippen molar-refractivity contribution >= 4 is 87.4 Å². The molecule has 6 rings (SSSR count). The lowest BCUT2D eigenvalue weighted by molar-refractivity contribution is -0.163. The first-order valence-electron chi connectivity index (χ1n) is 34.5. The van der Waals surface area contributed by atoms with Crippen molar-refractivity contribution in [3.63, 3.8) is 0 Å². The zero-order valence-corrected chi connectivity index (χ0v) is 61.0. The summed E-state index contributed by atoms with van der Waals surface area (Å²) in [7, 11) is 7.73. The maximum atomic E-state index is 14.7. The Bertz CT molecular complexity index is 3470. The Hall–Kier alpha value is -7.99. The van der Waals surface area contributed by atoms with E-state index in [4.69, 9.17) is 50.5 Å². The summed E-state index contributed by atoms with van der Waals surface area (Å²) in [5.41, 5.74) is 5.93. The number of para-hydroxylation sites is 1. The molecule has 11 atom stereocenters. The van der Waals surface area contributed by atoms with E-state index in [0.717, 1.165) is 39.2 Å². The van der Waals surface area contributed by atoms with Gasteiger partial charge in [0.25, 0.3) is 0 Å². The number of rotatable bonds is 36. The molecule has 2 saturated heterocycles. The second kappa shape index (κ2) is 38.3. The Kier molecular flexibility index (Phi) is 31.1. The van der Waals surface area contributed by atoms with E-state index in [1.165, 1.54) is 40.1 Å². The summed E-state index contributed by atoms with van der Waals surface area (Å²) >= 11 is 6.88. The molecule has 28 nitrogen and oxygen atoms in total. The number of Topliss-reactive ketones (excluding diaryl/α,β-unsaturated/α-hetero) is 2. The van der Waals surface area contributed by atoms with Crippen LogP contribution in [0.4, 0.5) is 15.3 Å². The van der Waals surface area contributed by atoms with E-state index >= 15 is 0 Å². The number of carboxylic acids is 1. The molecule has 0 radical (unpaired) electrons. The smallest absolute Gasteiger partial charge is 0.409 e. The molecule has 3 aliphatic heterocycles. The number of nitrogens with zero attached hydrogens (tertiary/aromatic N) is 4. The number of fused-ring (bicyclic) bond motifs is 6. The number of carbonyl (C=O) groups excluding carboxylic acids is 9. The van der Waals surface area contributed by atoms with Crippen LogP contribution in [0, 0.1) is 23.7 Å². The third-order valence-corrected chi connectivity index (χ3v) is 19.4. The number of primary amides is 1. The van der Waals surface area contributed by atoms with E-state index < -0.39 is 131 Å². The SMILES string of the molecule is CCN(C)Cc1cc2ccccc2n1CCC(=O)C[C@@H](CCC(=O)O)C(=O)NCCOCCOCCC(=O)N[C@H](C(=O)C[C@@H](CCCNC(N)=O)C(=O)N(C)[C@@H](C)C(=O)O[C@H]1CC(=O)N(C)c2cc(cc(OC)c2Cl)C/C(C)=C/C=C/[C@@H](OC)[C@@]2(O)C[C@H](OC(=O)N2)[C@@H](C)[C@@H]2O[C@@]12C)C(C)C. The Morgan fingerprint density at radius 3 is 2.31 bits per heavy atom. The van der Waals surface area contributed by atoms with Crippen molar-refractivity contribution in [3.05, 3.63) is 82.5 Å². The molecule has 1 aromatic heterocycles. The molecule has 8 N–H and O–H groups in total. The van der Waals surface area contributed by atoms with E-state index in [2.05, 4.69) is 43.7 Å². The van der Waals surface area contributed by atoms with Crippen molar-refractivity contribution in [3.8, 4) is 5.75 Å². The summed E-state index contributed by atoms with van der Waals surface area (Å²) in [6, 6.07) is 10.3. The number of epoxide rings is 1. The van der Waals surface area contributed by atoms with Crippen LogP contribution in [0.2, 0.25) is 5.02 Å². The third kappa shape index (κ3) is 23.3. The summed E-state index contributed by atoms with van der Waals surface area (Å²) < 4.78 is 43.1. The van der Waals surface area contributed by atoms with Crippen LogP contribution in [0.15, 0.2) is 66.3 Å². The van der Waals surface area contributed by atoms with Crippen LogP contribution in [-0.4, -0.2) is 213 Å². The number of hydrogen-bond donors (Lipinski definition) is 7. The molecular formula is C72H104ClN9O19. The average Bonchev–Trinajstić information content (AvgIpc) is 1.57. The second-order valence-corrected chi connectivity index (χ2v) is 27.4. The average molecular weight is 1440 g/mol. The first-order valence-corrected chi connectivity index (χ1v) is 34.9. The van der Waals surface area contributed by atoms with Gasteiger partial charge in [-0.1, -0.05) is 81.3 Å². The largest absolute Gasteiger partial charge is 0.495 e. The number of aryl methyl sites for hydroxylation is 1. The highest BCUT2D eigenvalue weighted by atomic mass is 35.5. The Morgan fingerprint density at radius 2 is 1.63 bits per heavy atom. The van der Waals surface area contributed by atoms with Gasteiger partial charge in [0.15, 0.2) is 11.5 Å². The number of allylic oxidation sites excluding steroid dienone is 3. The van der Waals surface area contributed by atoms with E-state index in [1.54, 1.807) is 52.0 Å². The van der Waals surface area contributed by atoms with Crippen LogP contribution in [0.1, 0.15) is 124 Å². The number of aliphatic carboxylic acids is 1. The van der Waals surface area contributed by atoms with E-state index in [1.807, 2.05) is 44.3 Å². The number of nitrogens with one attached hydrogen (secondary N) is 4. The zero-order chi connectivity index (χ0) is 74.5. The molecule has 3 aromatic rings. The Labute approximate surface area is 595 Å². The maximum absolute atomic E-state index is 14.7. The van der Waals surface area contributed by atoms with Crippen molar-refractivity contribution in [2.45, 2.75) is 180 Å². The van der Waals surface area contributed by atoms with E-state index in [0.29, 0.717) is 30.9 Å². The number of aromatic nitrogens is 1. The third-order valence-electron chi connectivity index (χ3n) is 19.1. The van der Waals surface area contributed by atoms with Crippen LogP contribution in [0.5, 0.6) is 5.75 Å². The number of methoxy groups -OCH3 is 2. The molecule has 0 unspecified atom stereocenters. The topological polar surface area (TPSA) is 368 Å². The minimum atomic E-state index is -1.94. The number of likely N-dealkylation sites (N-methyl/N-ethyl adjacent to an activating group) is 1. The van der Waals surface area contributed by atoms with Gasteiger partial charge in [0.05, 0.1) is 57.8 Å². The number of carbonyl (C=O) groups is 10. The number of nitrogens with two attached hydrogens (primary N) is 1. The predicted octanol–water partition coefficient (Wildman–Crippen LogP) is 6.16. The Morgan fingerprint density at radius 1 is 0.921 bits per heavy atom. The number of esters is 1. The van der Waals surface area contributed by atoms with Gasteiger partial charge in [0.2, 0.25) is 23.6 Å². The van der Waals surface area contributed by atoms with Crippen molar-refractivity contribution in [1.29, 1.82) is 0 Å². The zero-order valence-electron chi connectivity index (χ0n) is 60.3. The first-order chi connectivity index (χ1) is 47.8. The van der Waals surface area contributed by atoms with Crippen LogP contribution < -0.4 is 36.6 Å². The molecule has 101 heavy (non-hydrogen) atoms. The number of urea groups is 1. The summed E-state index contributed by atoms with van der Waals surface area (Å²) in [6.07, 6.45) is -0.792. The van der Waals surface area contributed by atoms with Crippen LogP contribution in [0.25, 0.3) is 10.9 Å². The lowest BCUT2D eigenvalue weighted by Crippen LogP contribution is -2.63. The molecule has 3 aliphatic rings. The molecule has 0 aliphatic carbocycles. The highest BCUT2D eigenvalue weighted by Gasteiger charge is 2.64. The van der Waals surface area contributed by atoms with Crippen molar-refractivity contribution in [1.82, 2.24) is 35.6 Å². The number of ether oxygens (including phenoxy) is 7. The summed E-state index contributed by atoms with van der Waals surface area (Å²) in [6.45, 7) is 14.5. The molecule has 0 spiro atoms. The minimum Gasteiger partial charge on any atom is -0.495 e. The number of anilines is 1. The molecule has 29 heteroatoms. The summed E-state index contributed by atoms with van der Waals surface area (Å²) in [5.74, 6) is -7.61. The van der Waals surface area contributed by atoms with Gasteiger partial charge >= 0.3 is 24.1 Å². The molecule has 0 saturated carbocycles. The number of carboxylic acid groups (broad SMARTS) is 1. The molecule has 4 heterocycles. The highest BCUT2D eigenvalue weighted by Crippen LogP contribution is 2.49. The van der Waals surface area contributed by atoms with Crippen LogP contribution >= 0.6 is 11.6 Å². The molecule has 558 valence electrons. The maximum Gasteiger partial charge on any atom is 0.409 e. The van der Waals surface area contributed by atoms with Gasteiger partial charge in [-0.3, -0.25) is 38.9 Å². The number of hydrogen-bond acceptors (Lipinski definition) is 19. The summed E-state index contributed by atoms with van der Waals surface area (Å²) in [5, 5.41) is 33.1. The number of amides is 7. The van der Waals surface area contributed by atoms with Crippen LogP contribution in [-0.2, 0) is 86.3 Å². The molecule has 2 fully saturated rings. The fourth-order valence-electron chi connectivity index (χ4n) is 12.8. The lowest BCUT2D eigenvalue weighted by Gasteiger charge is -2.42. The normalized spacial score (nSPS) is 22.8. The fourth-order valence-corrected chi connectivity index (χ4v) is 13.1. The monoisotopic (exact) mass is 1430 g/mol. The number of ketones is 2. The number of halogens is 1. The number of aliphatic hydroxyl groups is 1. The Balaban J connectivity index is 1.04. The first kappa shape index (κ1) is 82.0. The van der Waals surface area contributed by atoms with Crippen LogP contribution in [0.3, 0.4) is 0 Å². The van der Waals surface area contributed by atoms with E-state index in [9.17, 15) is 58.2 Å². The van der Waals surface area contributed by atoms with Gasteiger partial charge in [-0.25, -0.2) is 14.4 Å². The highest BCUT2D eigenvalue weighted by molar-refractivity contribution is 6.35. The summed E-state index contributed by atoms with van der Waals surface area (Å²) in [4.78, 5) is 139. The van der Waals surface area contributed by atoms with Gasteiger partial charge in [-0.15, -0.1) is 0 Å². The second-order valence-electron chi connectivity index (χ2n) is 27.0. The van der Waals surface area contributed by atoms with Crippen molar-refractivity contribution < 1.29 is 91.3 Å². The van der Waals surface area contributed by atoms with Crippen molar-refractivity contribution in [2.24, 2.45) is 29.4 Å². The molecule has 4 bridgehead atoms. The molecule has 2 aromatic carbocycles. The number of alkyl carbamates (subject to hydrolysis) is 1. The van der Waals surface area contributed by atoms with Gasteiger partial charge in [-0.2, -0.15) is 0 Å². The fraction of sp³-hybridized carbons (Fsp3) is 0.611. The standard InChI is InChI=1S/C72H104ClN9O19/c1-13-79(8)42-51-37-48-19-14-15-21-53(48)82(51)29-25-52(83)38-49(23-24-62(87)88)66(89)75-28-31-98-33-32-97-30-26-60(85)77-64(43(2)3)55(84)39-50(20-17-27-76-69(74)92)67(90)80(9)46(6)68(91)100-59-40-61(86)81(10)54-35-47(36-56(95-11)63(54)73)34-44(4)18-16-22-58(96-12)72(94)41-57(99-70(93)78-72)45(5)65-71(59,7)101-65/h14-16,18-19,21-22,35-37,43,45-46,49-50,57-59,64-65,94H,13,17,20,23-34,38-42H2,1-12H3,(H,75,89)(H,77,85)(H,78,93)(H,87,88)(H3,74,76,92)/b22-16+,44-18+/t45-,46+,49-,50-,57+,58-,59+,64+,65+,71+,72+/m1/s1. The molecular weight excluding hydrogens is 1330 g/mol. The van der Waals surface area contributed by atoms with E-state index in [-0.39, 0.29) is 108 Å². The van der Waals surface area contributed by atoms with Gasteiger partial charge in [-0.05, 0) is 101 Å². The van der Waals surface area contributed by atoms with Gasteiger partial charge in [0, 0.05) is 115 Å².